The first-order valence-electron chi connectivity index (χ1n) is 5.24. The number of ether oxygens (including phenoxy) is 1. The summed E-state index contributed by atoms with van der Waals surface area (Å²) in [5.41, 5.74) is 0.965. The average Bonchev–Trinajstić information content (AvgIpc) is 2.26. The molecular weight excluding hydrogens is 224 g/mol. The summed E-state index contributed by atoms with van der Waals surface area (Å²) in [7, 11) is 0. The van der Waals surface area contributed by atoms with Crippen molar-refractivity contribution in [2.24, 2.45) is 0 Å². The number of fused-ring (bicyclic) bond motifs is 1. The Bertz CT molecular complexity index is 496. The van der Waals surface area contributed by atoms with Crippen molar-refractivity contribution >= 4 is 17.3 Å². The van der Waals surface area contributed by atoms with Crippen LogP contribution in [0.4, 0.5) is 11.4 Å². The molecule has 0 atom stereocenters. The molecule has 0 saturated carbocycles. The zero-order valence-electron chi connectivity index (χ0n) is 9.52. The molecule has 2 rings (SSSR count). The molecular formula is C11H12N2O4. The van der Waals surface area contributed by atoms with Gasteiger partial charge >= 0.3 is 0 Å². The lowest BCUT2D eigenvalue weighted by molar-refractivity contribution is -0.385. The molecule has 17 heavy (non-hydrogen) atoms. The molecule has 0 spiro atoms. The average molecular weight is 236 g/mol. The van der Waals surface area contributed by atoms with Gasteiger partial charge in [0, 0.05) is 11.6 Å². The summed E-state index contributed by atoms with van der Waals surface area (Å²) >= 11 is 0. The number of carbonyl (C=O) groups excluding carboxylic acids is 1. The van der Waals surface area contributed by atoms with E-state index in [0.717, 1.165) is 0 Å². The van der Waals surface area contributed by atoms with Gasteiger partial charge in [0.2, 0.25) is 0 Å². The molecule has 0 bridgehead atoms. The number of nitrogens with zero attached hydrogens (tertiary/aromatic N) is 1. The van der Waals surface area contributed by atoms with Crippen LogP contribution in [0.25, 0.3) is 0 Å². The molecule has 1 aliphatic rings. The van der Waals surface area contributed by atoms with Gasteiger partial charge in [-0.25, -0.2) is 0 Å². The van der Waals surface area contributed by atoms with E-state index in [4.69, 9.17) is 4.74 Å². The normalized spacial score (nSPS) is 13.9. The topological polar surface area (TPSA) is 81.5 Å². The van der Waals surface area contributed by atoms with Gasteiger partial charge in [0.15, 0.2) is 6.61 Å². The number of anilines is 1. The smallest absolute Gasteiger partial charge is 0.275 e. The number of nitro benzene ring substituents is 1. The molecule has 1 aromatic carbocycles. The second kappa shape index (κ2) is 4.04. The predicted molar refractivity (Wildman–Crippen MR) is 61.3 cm³/mol. The van der Waals surface area contributed by atoms with Crippen molar-refractivity contribution in [1.82, 2.24) is 0 Å². The van der Waals surface area contributed by atoms with Crippen molar-refractivity contribution < 1.29 is 14.5 Å². The van der Waals surface area contributed by atoms with E-state index in [1.807, 2.05) is 13.8 Å². The van der Waals surface area contributed by atoms with E-state index >= 15 is 0 Å². The molecule has 90 valence electrons. The molecule has 0 fully saturated rings. The molecule has 1 aliphatic heterocycles. The quantitative estimate of drug-likeness (QED) is 0.629. The number of benzene rings is 1. The van der Waals surface area contributed by atoms with E-state index in [1.165, 1.54) is 6.07 Å². The number of amides is 1. The fraction of sp³-hybridized carbons (Fsp3) is 0.364. The van der Waals surface area contributed by atoms with Crippen LogP contribution in [-0.4, -0.2) is 17.4 Å². The lowest BCUT2D eigenvalue weighted by Gasteiger charge is -2.19. The highest BCUT2D eigenvalue weighted by atomic mass is 16.6. The van der Waals surface area contributed by atoms with E-state index in [2.05, 4.69) is 5.32 Å². The van der Waals surface area contributed by atoms with Gasteiger partial charge in [0.25, 0.3) is 11.6 Å². The highest BCUT2D eigenvalue weighted by molar-refractivity contribution is 5.96. The van der Waals surface area contributed by atoms with Gasteiger partial charge in [-0.1, -0.05) is 13.8 Å². The standard InChI is InChI=1S/C11H12N2O4/c1-6(2)7-3-10-8(4-9(7)13(15)16)12-11(14)5-17-10/h3-4,6H,5H2,1-2H3,(H,12,14). The second-order valence-corrected chi connectivity index (χ2v) is 4.16. The molecule has 6 nitrogen and oxygen atoms in total. The Labute approximate surface area is 97.7 Å². The van der Waals surface area contributed by atoms with Crippen LogP contribution in [-0.2, 0) is 4.79 Å². The van der Waals surface area contributed by atoms with Crippen LogP contribution in [0.5, 0.6) is 5.75 Å². The first kappa shape index (κ1) is 11.4. The van der Waals surface area contributed by atoms with Gasteiger partial charge < -0.3 is 10.1 Å². The Balaban J connectivity index is 2.56. The molecule has 0 saturated heterocycles. The maximum Gasteiger partial charge on any atom is 0.275 e. The van der Waals surface area contributed by atoms with Crippen molar-refractivity contribution in [2.45, 2.75) is 19.8 Å². The van der Waals surface area contributed by atoms with Gasteiger partial charge in [-0.3, -0.25) is 14.9 Å². The monoisotopic (exact) mass is 236 g/mol. The van der Waals surface area contributed by atoms with Crippen LogP contribution in [0.15, 0.2) is 12.1 Å². The number of nitrogens with one attached hydrogen (secondary N) is 1. The van der Waals surface area contributed by atoms with Gasteiger partial charge in [0.05, 0.1) is 10.6 Å². The minimum absolute atomic E-state index is 0.00421. The van der Waals surface area contributed by atoms with E-state index in [0.29, 0.717) is 17.0 Å². The Morgan fingerprint density at radius 3 is 2.76 bits per heavy atom. The Morgan fingerprint density at radius 1 is 1.47 bits per heavy atom. The zero-order chi connectivity index (χ0) is 12.6. The van der Waals surface area contributed by atoms with Crippen LogP contribution in [0.2, 0.25) is 0 Å². The lowest BCUT2D eigenvalue weighted by Crippen LogP contribution is -2.25. The minimum Gasteiger partial charge on any atom is -0.482 e. The summed E-state index contributed by atoms with van der Waals surface area (Å²) in [6.07, 6.45) is 0. The molecule has 1 heterocycles. The van der Waals surface area contributed by atoms with Crippen molar-refractivity contribution in [3.05, 3.63) is 27.8 Å². The third-order valence-corrected chi connectivity index (χ3v) is 2.58. The van der Waals surface area contributed by atoms with Gasteiger partial charge in [-0.2, -0.15) is 0 Å². The largest absolute Gasteiger partial charge is 0.482 e. The van der Waals surface area contributed by atoms with Gasteiger partial charge in [-0.05, 0) is 12.0 Å². The number of hydrogen-bond donors (Lipinski definition) is 1. The number of rotatable bonds is 2. The van der Waals surface area contributed by atoms with Crippen molar-refractivity contribution in [3.8, 4) is 5.75 Å². The first-order chi connectivity index (χ1) is 7.99. The zero-order valence-corrected chi connectivity index (χ0v) is 9.52. The number of nitro groups is 1. The molecule has 0 aromatic heterocycles. The van der Waals surface area contributed by atoms with E-state index < -0.39 is 4.92 Å². The van der Waals surface area contributed by atoms with Gasteiger partial charge in [-0.15, -0.1) is 0 Å². The van der Waals surface area contributed by atoms with Crippen LogP contribution in [0, 0.1) is 10.1 Å². The molecule has 0 aliphatic carbocycles. The van der Waals surface area contributed by atoms with E-state index in [1.54, 1.807) is 6.07 Å². The highest BCUT2D eigenvalue weighted by Crippen LogP contribution is 2.37. The number of hydrogen-bond acceptors (Lipinski definition) is 4. The molecule has 1 amide bonds. The Hall–Kier alpha value is -2.11. The fourth-order valence-electron chi connectivity index (χ4n) is 1.75. The third-order valence-electron chi connectivity index (χ3n) is 2.58. The van der Waals surface area contributed by atoms with Crippen molar-refractivity contribution in [1.29, 1.82) is 0 Å². The first-order valence-corrected chi connectivity index (χ1v) is 5.24. The molecule has 1 aromatic rings. The van der Waals surface area contributed by atoms with Crippen molar-refractivity contribution in [2.75, 3.05) is 11.9 Å². The van der Waals surface area contributed by atoms with Crippen molar-refractivity contribution in [3.63, 3.8) is 0 Å². The molecule has 6 heteroatoms. The van der Waals surface area contributed by atoms with E-state index in [-0.39, 0.29) is 24.1 Å². The Morgan fingerprint density at radius 2 is 2.18 bits per heavy atom. The summed E-state index contributed by atoms with van der Waals surface area (Å²) in [6.45, 7) is 3.69. The predicted octanol–water partition coefficient (Wildman–Crippen LogP) is 2.05. The fourth-order valence-corrected chi connectivity index (χ4v) is 1.75. The molecule has 0 radical (unpaired) electrons. The summed E-state index contributed by atoms with van der Waals surface area (Å²) in [5.74, 6) is 0.199. The molecule has 0 unspecified atom stereocenters. The minimum atomic E-state index is -0.448. The third kappa shape index (κ3) is 2.06. The summed E-state index contributed by atoms with van der Waals surface area (Å²) in [4.78, 5) is 21.6. The number of carbonyl (C=O) groups is 1. The van der Waals surface area contributed by atoms with E-state index in [9.17, 15) is 14.9 Å². The van der Waals surface area contributed by atoms with Crippen LogP contribution in [0.1, 0.15) is 25.3 Å². The summed E-state index contributed by atoms with van der Waals surface area (Å²) in [6, 6.07) is 2.97. The van der Waals surface area contributed by atoms with Crippen LogP contribution in [0.3, 0.4) is 0 Å². The van der Waals surface area contributed by atoms with Crippen LogP contribution >= 0.6 is 0 Å². The summed E-state index contributed by atoms with van der Waals surface area (Å²) < 4.78 is 5.23. The summed E-state index contributed by atoms with van der Waals surface area (Å²) in [5, 5.41) is 13.5. The lowest BCUT2D eigenvalue weighted by atomic mass is 10.00. The SMILES string of the molecule is CC(C)c1cc2c(cc1[N+](=O)[O-])NC(=O)CO2. The van der Waals surface area contributed by atoms with Crippen LogP contribution < -0.4 is 10.1 Å². The Kier molecular flexibility index (Phi) is 2.71. The maximum atomic E-state index is 11.1. The van der Waals surface area contributed by atoms with Gasteiger partial charge in [0.1, 0.15) is 5.75 Å². The molecule has 1 N–H and O–H groups in total. The highest BCUT2D eigenvalue weighted by Gasteiger charge is 2.24. The maximum absolute atomic E-state index is 11.1. The second-order valence-electron chi connectivity index (χ2n) is 4.16.